The molecule has 0 saturated carbocycles. The molecule has 90 valence electrons. The van der Waals surface area contributed by atoms with Gasteiger partial charge in [-0.3, -0.25) is 0 Å². The van der Waals surface area contributed by atoms with Crippen molar-refractivity contribution in [1.29, 1.82) is 0 Å². The van der Waals surface area contributed by atoms with Crippen LogP contribution in [-0.2, 0) is 0 Å². The van der Waals surface area contributed by atoms with Crippen LogP contribution in [0.1, 0.15) is 20.3 Å². The topological polar surface area (TPSA) is 34.1 Å². The van der Waals surface area contributed by atoms with Gasteiger partial charge in [0.25, 0.3) is 0 Å². The molecule has 4 heteroatoms. The van der Waals surface area contributed by atoms with Crippen molar-refractivity contribution in [3.05, 3.63) is 18.2 Å². The highest BCUT2D eigenvalue weighted by Crippen LogP contribution is 2.21. The van der Waals surface area contributed by atoms with Crippen molar-refractivity contribution in [2.24, 2.45) is 5.41 Å². The van der Waals surface area contributed by atoms with Gasteiger partial charge in [0, 0.05) is 18.5 Å². The van der Waals surface area contributed by atoms with Gasteiger partial charge >= 0.3 is 0 Å². The van der Waals surface area contributed by atoms with E-state index in [1.807, 2.05) is 18.2 Å². The fourth-order valence-corrected chi connectivity index (χ4v) is 1.81. The van der Waals surface area contributed by atoms with E-state index >= 15 is 0 Å². The minimum Gasteiger partial charge on any atom is -0.481 e. The number of alkyl halides is 1. The molecule has 0 fully saturated rings. The van der Waals surface area contributed by atoms with Gasteiger partial charge in [0.15, 0.2) is 0 Å². The van der Waals surface area contributed by atoms with Gasteiger partial charge in [-0.05, 0) is 17.9 Å². The molecule has 3 nitrogen and oxygen atoms in total. The van der Waals surface area contributed by atoms with Gasteiger partial charge in [0.05, 0.1) is 7.11 Å². The second kappa shape index (κ2) is 5.94. The zero-order valence-electron chi connectivity index (χ0n) is 10.1. The van der Waals surface area contributed by atoms with Crippen molar-refractivity contribution in [3.8, 4) is 5.88 Å². The maximum atomic E-state index is 5.75. The Hall–Kier alpha value is -0.960. The van der Waals surface area contributed by atoms with Gasteiger partial charge in [-0.1, -0.05) is 19.9 Å². The summed E-state index contributed by atoms with van der Waals surface area (Å²) in [5.41, 5.74) is 0.173. The molecular weight excluding hydrogens is 224 g/mol. The lowest BCUT2D eigenvalue weighted by molar-refractivity contribution is 0.377. The Labute approximate surface area is 102 Å². The number of rotatable bonds is 6. The molecule has 1 heterocycles. The Morgan fingerprint density at radius 3 is 2.81 bits per heavy atom. The summed E-state index contributed by atoms with van der Waals surface area (Å²) < 4.78 is 5.06. The predicted molar refractivity (Wildman–Crippen MR) is 68.4 cm³/mol. The molecule has 0 aliphatic heterocycles. The van der Waals surface area contributed by atoms with Crippen LogP contribution in [0, 0.1) is 5.41 Å². The average Bonchev–Trinajstić information content (AvgIpc) is 2.27. The predicted octanol–water partition coefficient (Wildman–Crippen LogP) is 3.16. The van der Waals surface area contributed by atoms with E-state index in [1.165, 1.54) is 0 Å². The number of nitrogens with one attached hydrogen (secondary N) is 1. The molecule has 1 aromatic rings. The number of pyridine rings is 1. The first kappa shape index (κ1) is 13.1. The minimum absolute atomic E-state index is 0.173. The van der Waals surface area contributed by atoms with Crippen LogP contribution in [0.15, 0.2) is 18.2 Å². The van der Waals surface area contributed by atoms with Crippen molar-refractivity contribution in [3.63, 3.8) is 0 Å². The van der Waals surface area contributed by atoms with Crippen molar-refractivity contribution in [2.75, 3.05) is 24.9 Å². The summed E-state index contributed by atoms with van der Waals surface area (Å²) in [7, 11) is 1.61. The van der Waals surface area contributed by atoms with Crippen LogP contribution in [0.3, 0.4) is 0 Å². The van der Waals surface area contributed by atoms with Crippen LogP contribution in [0.25, 0.3) is 0 Å². The number of anilines is 1. The Balaban J connectivity index is 2.53. The van der Waals surface area contributed by atoms with Crippen molar-refractivity contribution in [2.45, 2.75) is 20.3 Å². The monoisotopic (exact) mass is 242 g/mol. The number of ether oxygens (including phenoxy) is 1. The van der Waals surface area contributed by atoms with Crippen LogP contribution in [0.2, 0.25) is 0 Å². The summed E-state index contributed by atoms with van der Waals surface area (Å²) >= 11 is 5.75. The average molecular weight is 243 g/mol. The molecule has 0 aliphatic rings. The highest BCUT2D eigenvalue weighted by Gasteiger charge is 2.16. The molecule has 0 radical (unpaired) electrons. The van der Waals surface area contributed by atoms with Gasteiger partial charge in [-0.15, -0.1) is 11.6 Å². The molecule has 16 heavy (non-hydrogen) atoms. The Morgan fingerprint density at radius 2 is 2.19 bits per heavy atom. The lowest BCUT2D eigenvalue weighted by atomic mass is 9.90. The van der Waals surface area contributed by atoms with E-state index in [-0.39, 0.29) is 5.41 Å². The maximum absolute atomic E-state index is 5.75. The summed E-state index contributed by atoms with van der Waals surface area (Å²) in [5.74, 6) is 2.14. The van der Waals surface area contributed by atoms with Crippen LogP contribution in [0.4, 0.5) is 5.82 Å². The molecule has 0 atom stereocenters. The molecule has 0 aromatic carbocycles. The van der Waals surface area contributed by atoms with Gasteiger partial charge in [0.2, 0.25) is 5.88 Å². The van der Waals surface area contributed by atoms with E-state index in [4.69, 9.17) is 16.3 Å². The third-order valence-electron chi connectivity index (χ3n) is 2.45. The molecule has 1 aromatic heterocycles. The van der Waals surface area contributed by atoms with Gasteiger partial charge in [0.1, 0.15) is 5.82 Å². The normalized spacial score (nSPS) is 11.2. The number of hydrogen-bond acceptors (Lipinski definition) is 3. The van der Waals surface area contributed by atoms with Crippen molar-refractivity contribution >= 4 is 17.4 Å². The lowest BCUT2D eigenvalue weighted by Gasteiger charge is -2.24. The molecule has 0 bridgehead atoms. The highest BCUT2D eigenvalue weighted by molar-refractivity contribution is 6.17. The Bertz CT molecular complexity index is 329. The quantitative estimate of drug-likeness (QED) is 0.779. The molecule has 0 spiro atoms. The molecule has 0 amide bonds. The largest absolute Gasteiger partial charge is 0.481 e. The first-order chi connectivity index (χ1) is 7.57. The second-order valence-corrected chi connectivity index (χ2v) is 4.90. The highest BCUT2D eigenvalue weighted by atomic mass is 35.5. The third-order valence-corrected chi connectivity index (χ3v) is 2.64. The molecule has 1 rings (SSSR count). The number of halogens is 1. The van der Waals surface area contributed by atoms with E-state index < -0.39 is 0 Å². The number of aromatic nitrogens is 1. The summed E-state index contributed by atoms with van der Waals surface area (Å²) in [6.45, 7) is 5.21. The molecule has 0 unspecified atom stereocenters. The zero-order valence-corrected chi connectivity index (χ0v) is 10.8. The van der Waals surface area contributed by atoms with E-state index in [2.05, 4.69) is 24.1 Å². The standard InChI is InChI=1S/C12H19ClN2O/c1-12(2,7-8-13)9-14-10-5-4-6-11(15-10)16-3/h4-6H,7-9H2,1-3H3,(H,14,15). The maximum Gasteiger partial charge on any atom is 0.214 e. The molecule has 0 aliphatic carbocycles. The summed E-state index contributed by atoms with van der Waals surface area (Å²) in [4.78, 5) is 4.29. The SMILES string of the molecule is COc1cccc(NCC(C)(C)CCCl)n1. The van der Waals surface area contributed by atoms with Gasteiger partial charge < -0.3 is 10.1 Å². The van der Waals surface area contributed by atoms with Crippen LogP contribution in [-0.4, -0.2) is 24.5 Å². The summed E-state index contributed by atoms with van der Waals surface area (Å²) in [6, 6.07) is 5.68. The van der Waals surface area contributed by atoms with Gasteiger partial charge in [-0.2, -0.15) is 4.98 Å². The fourth-order valence-electron chi connectivity index (χ4n) is 1.30. The van der Waals surface area contributed by atoms with E-state index in [9.17, 15) is 0 Å². The lowest BCUT2D eigenvalue weighted by Crippen LogP contribution is -2.23. The Morgan fingerprint density at radius 1 is 1.44 bits per heavy atom. The summed E-state index contributed by atoms with van der Waals surface area (Å²) in [6.07, 6.45) is 0.978. The molecular formula is C12H19ClN2O. The van der Waals surface area contributed by atoms with E-state index in [1.54, 1.807) is 7.11 Å². The van der Waals surface area contributed by atoms with E-state index in [0.717, 1.165) is 18.8 Å². The van der Waals surface area contributed by atoms with Crippen molar-refractivity contribution in [1.82, 2.24) is 4.98 Å². The van der Waals surface area contributed by atoms with Gasteiger partial charge in [-0.25, -0.2) is 0 Å². The first-order valence-electron chi connectivity index (χ1n) is 5.38. The first-order valence-corrected chi connectivity index (χ1v) is 5.92. The fraction of sp³-hybridized carbons (Fsp3) is 0.583. The van der Waals surface area contributed by atoms with E-state index in [0.29, 0.717) is 11.8 Å². The molecule has 0 saturated heterocycles. The van der Waals surface area contributed by atoms with Crippen molar-refractivity contribution < 1.29 is 4.74 Å². The number of nitrogens with zero attached hydrogens (tertiary/aromatic N) is 1. The Kier molecular flexibility index (Phi) is 4.87. The van der Waals surface area contributed by atoms with Crippen LogP contribution < -0.4 is 10.1 Å². The smallest absolute Gasteiger partial charge is 0.214 e. The summed E-state index contributed by atoms with van der Waals surface area (Å²) in [5, 5.41) is 3.29. The minimum atomic E-state index is 0.173. The second-order valence-electron chi connectivity index (χ2n) is 4.52. The number of hydrogen-bond donors (Lipinski definition) is 1. The molecule has 1 N–H and O–H groups in total. The zero-order chi connectivity index (χ0) is 12.0. The van der Waals surface area contributed by atoms with Crippen LogP contribution in [0.5, 0.6) is 5.88 Å². The van der Waals surface area contributed by atoms with Crippen LogP contribution >= 0.6 is 11.6 Å². The third kappa shape index (κ3) is 4.27. The number of methoxy groups -OCH3 is 1.